The van der Waals surface area contributed by atoms with Crippen molar-refractivity contribution in [1.29, 1.82) is 5.26 Å². The molecule has 2 rings (SSSR count). The van der Waals surface area contributed by atoms with Crippen LogP contribution in [0.3, 0.4) is 0 Å². The van der Waals surface area contributed by atoms with E-state index in [0.717, 1.165) is 30.0 Å². The van der Waals surface area contributed by atoms with E-state index in [2.05, 4.69) is 21.4 Å². The van der Waals surface area contributed by atoms with E-state index in [1.165, 1.54) is 0 Å². The minimum Gasteiger partial charge on any atom is -0.370 e. The van der Waals surface area contributed by atoms with Crippen molar-refractivity contribution in [3.8, 4) is 6.07 Å². The zero-order chi connectivity index (χ0) is 12.8. The molecule has 0 aliphatic carbocycles. The van der Waals surface area contributed by atoms with E-state index in [-0.39, 0.29) is 0 Å². The van der Waals surface area contributed by atoms with Crippen LogP contribution >= 0.6 is 0 Å². The maximum atomic E-state index is 8.78. The number of hydrogen-bond donors (Lipinski definition) is 1. The van der Waals surface area contributed by atoms with Gasteiger partial charge in [-0.2, -0.15) is 5.26 Å². The molecule has 0 atom stereocenters. The van der Waals surface area contributed by atoms with Gasteiger partial charge >= 0.3 is 0 Å². The van der Waals surface area contributed by atoms with E-state index in [0.29, 0.717) is 5.56 Å². The Labute approximate surface area is 106 Å². The number of aryl methyl sites for hydroxylation is 1. The summed E-state index contributed by atoms with van der Waals surface area (Å²) in [6.45, 7) is 2.73. The van der Waals surface area contributed by atoms with Crippen LogP contribution in [0.25, 0.3) is 0 Å². The lowest BCUT2D eigenvalue weighted by Crippen LogP contribution is -2.06. The van der Waals surface area contributed by atoms with Gasteiger partial charge in [0.1, 0.15) is 11.9 Å². The second-order valence-electron chi connectivity index (χ2n) is 4.03. The van der Waals surface area contributed by atoms with Crippen LogP contribution in [0.15, 0.2) is 36.7 Å². The monoisotopic (exact) mass is 238 g/mol. The van der Waals surface area contributed by atoms with Crippen molar-refractivity contribution in [2.45, 2.75) is 13.3 Å². The first kappa shape index (κ1) is 12.1. The highest BCUT2D eigenvalue weighted by Gasteiger charge is 1.97. The first-order valence-electron chi connectivity index (χ1n) is 5.79. The van der Waals surface area contributed by atoms with Crippen molar-refractivity contribution < 1.29 is 0 Å². The van der Waals surface area contributed by atoms with Crippen LogP contribution in [-0.4, -0.2) is 16.5 Å². The van der Waals surface area contributed by atoms with Crippen molar-refractivity contribution in [3.63, 3.8) is 0 Å². The largest absolute Gasteiger partial charge is 0.370 e. The lowest BCUT2D eigenvalue weighted by Gasteiger charge is -2.06. The molecule has 0 radical (unpaired) electrons. The number of anilines is 1. The van der Waals surface area contributed by atoms with E-state index >= 15 is 0 Å². The molecule has 0 fully saturated rings. The van der Waals surface area contributed by atoms with Crippen LogP contribution in [0, 0.1) is 18.3 Å². The Balaban J connectivity index is 1.90. The third-order valence-electron chi connectivity index (χ3n) is 2.53. The fourth-order valence-corrected chi connectivity index (χ4v) is 1.66. The van der Waals surface area contributed by atoms with Crippen LogP contribution in [0.1, 0.15) is 16.8 Å². The van der Waals surface area contributed by atoms with Gasteiger partial charge in [-0.1, -0.05) is 6.07 Å². The summed E-state index contributed by atoms with van der Waals surface area (Å²) in [6.07, 6.45) is 4.17. The average molecular weight is 238 g/mol. The Morgan fingerprint density at radius 2 is 2.22 bits per heavy atom. The number of aromatic nitrogens is 2. The SMILES string of the molecule is Cc1cccc(NCCc2cncc(C#N)c2)n1. The van der Waals surface area contributed by atoms with Gasteiger partial charge in [-0.15, -0.1) is 0 Å². The summed E-state index contributed by atoms with van der Waals surface area (Å²) in [7, 11) is 0. The van der Waals surface area contributed by atoms with E-state index in [9.17, 15) is 0 Å². The summed E-state index contributed by atoms with van der Waals surface area (Å²) in [4.78, 5) is 8.39. The molecule has 2 aromatic rings. The Morgan fingerprint density at radius 3 is 3.00 bits per heavy atom. The molecule has 2 heterocycles. The topological polar surface area (TPSA) is 61.6 Å². The van der Waals surface area contributed by atoms with Gasteiger partial charge in [0.2, 0.25) is 0 Å². The second-order valence-corrected chi connectivity index (χ2v) is 4.03. The standard InChI is InChI=1S/C14H14N4/c1-11-3-2-4-14(18-11)17-6-5-12-7-13(8-15)10-16-9-12/h2-4,7,9-10H,5-6H2,1H3,(H,17,18). The molecule has 2 aromatic heterocycles. The Bertz CT molecular complexity index is 572. The van der Waals surface area contributed by atoms with Crippen molar-refractivity contribution in [3.05, 3.63) is 53.5 Å². The number of nitriles is 1. The molecule has 1 N–H and O–H groups in total. The quantitative estimate of drug-likeness (QED) is 0.887. The molecule has 0 aliphatic heterocycles. The Morgan fingerprint density at radius 1 is 1.33 bits per heavy atom. The lowest BCUT2D eigenvalue weighted by atomic mass is 10.1. The van der Waals surface area contributed by atoms with Crippen LogP contribution in [0.2, 0.25) is 0 Å². The molecule has 0 aliphatic rings. The number of nitrogens with one attached hydrogen (secondary N) is 1. The van der Waals surface area contributed by atoms with Gasteiger partial charge < -0.3 is 5.32 Å². The molecule has 4 nitrogen and oxygen atoms in total. The normalized spacial score (nSPS) is 9.78. The second kappa shape index (κ2) is 5.78. The third-order valence-corrected chi connectivity index (χ3v) is 2.53. The van der Waals surface area contributed by atoms with Crippen molar-refractivity contribution in [1.82, 2.24) is 9.97 Å². The number of nitrogens with zero attached hydrogens (tertiary/aromatic N) is 3. The van der Waals surface area contributed by atoms with Crippen molar-refractivity contribution >= 4 is 5.82 Å². The maximum absolute atomic E-state index is 8.78. The van der Waals surface area contributed by atoms with Crippen molar-refractivity contribution in [2.75, 3.05) is 11.9 Å². The molecule has 18 heavy (non-hydrogen) atoms. The molecule has 0 saturated heterocycles. The molecule has 0 amide bonds. The van der Waals surface area contributed by atoms with Crippen LogP contribution in [0.4, 0.5) is 5.82 Å². The molecule has 90 valence electrons. The smallest absolute Gasteiger partial charge is 0.126 e. The third kappa shape index (κ3) is 3.29. The number of hydrogen-bond acceptors (Lipinski definition) is 4. The van der Waals surface area contributed by atoms with E-state index in [1.807, 2.05) is 31.2 Å². The Hall–Kier alpha value is -2.41. The highest BCUT2D eigenvalue weighted by atomic mass is 15.0. The summed E-state index contributed by atoms with van der Waals surface area (Å²) < 4.78 is 0. The zero-order valence-corrected chi connectivity index (χ0v) is 10.2. The maximum Gasteiger partial charge on any atom is 0.126 e. The molecular formula is C14H14N4. The first-order chi connectivity index (χ1) is 8.78. The first-order valence-corrected chi connectivity index (χ1v) is 5.79. The molecule has 0 aromatic carbocycles. The predicted molar refractivity (Wildman–Crippen MR) is 70.1 cm³/mol. The van der Waals surface area contributed by atoms with Crippen LogP contribution in [0.5, 0.6) is 0 Å². The van der Waals surface area contributed by atoms with E-state index in [1.54, 1.807) is 12.4 Å². The van der Waals surface area contributed by atoms with Gasteiger partial charge in [0, 0.05) is 24.6 Å². The van der Waals surface area contributed by atoms with E-state index in [4.69, 9.17) is 5.26 Å². The summed E-state index contributed by atoms with van der Waals surface area (Å²) in [5.41, 5.74) is 2.64. The predicted octanol–water partition coefficient (Wildman–Crippen LogP) is 2.31. The van der Waals surface area contributed by atoms with Gasteiger partial charge in [-0.3, -0.25) is 4.98 Å². The van der Waals surface area contributed by atoms with Crippen LogP contribution < -0.4 is 5.32 Å². The minimum atomic E-state index is 0.598. The fourth-order valence-electron chi connectivity index (χ4n) is 1.66. The van der Waals surface area contributed by atoms with Crippen LogP contribution in [-0.2, 0) is 6.42 Å². The highest BCUT2D eigenvalue weighted by Crippen LogP contribution is 2.06. The number of rotatable bonds is 4. The summed E-state index contributed by atoms with van der Waals surface area (Å²) in [6, 6.07) is 9.83. The Kier molecular flexibility index (Phi) is 3.87. The van der Waals surface area contributed by atoms with Crippen molar-refractivity contribution in [2.24, 2.45) is 0 Å². The average Bonchev–Trinajstić information content (AvgIpc) is 2.39. The summed E-state index contributed by atoms with van der Waals surface area (Å²) in [5, 5.41) is 12.0. The zero-order valence-electron chi connectivity index (χ0n) is 10.2. The summed E-state index contributed by atoms with van der Waals surface area (Å²) in [5.74, 6) is 0.874. The van der Waals surface area contributed by atoms with Gasteiger partial charge in [-0.05, 0) is 37.1 Å². The highest BCUT2D eigenvalue weighted by molar-refractivity contribution is 5.35. The molecule has 0 bridgehead atoms. The summed E-state index contributed by atoms with van der Waals surface area (Å²) >= 11 is 0. The molecule has 0 spiro atoms. The minimum absolute atomic E-state index is 0.598. The molecule has 4 heteroatoms. The molecule has 0 unspecified atom stereocenters. The molecule has 0 saturated carbocycles. The van der Waals surface area contributed by atoms with Gasteiger partial charge in [0.05, 0.1) is 5.56 Å². The van der Waals surface area contributed by atoms with E-state index < -0.39 is 0 Å². The van der Waals surface area contributed by atoms with Gasteiger partial charge in [0.15, 0.2) is 0 Å². The number of pyridine rings is 2. The lowest BCUT2D eigenvalue weighted by molar-refractivity contribution is 0.988. The van der Waals surface area contributed by atoms with Gasteiger partial charge in [0.25, 0.3) is 0 Å². The fraction of sp³-hybridized carbons (Fsp3) is 0.214. The van der Waals surface area contributed by atoms with Gasteiger partial charge in [-0.25, -0.2) is 4.98 Å². The molecular weight excluding hydrogens is 224 g/mol.